The lowest BCUT2D eigenvalue weighted by molar-refractivity contribution is -0.136. The highest BCUT2D eigenvalue weighted by Crippen LogP contribution is 2.34. The van der Waals surface area contributed by atoms with E-state index < -0.39 is 11.9 Å². The third kappa shape index (κ3) is 5.88. The van der Waals surface area contributed by atoms with Gasteiger partial charge in [0.05, 0.1) is 13.1 Å². The summed E-state index contributed by atoms with van der Waals surface area (Å²) >= 11 is 0. The van der Waals surface area contributed by atoms with E-state index in [2.05, 4.69) is 26.9 Å². The number of nitrogens with one attached hydrogen (secondary N) is 1. The normalized spacial score (nSPS) is 18.7. The van der Waals surface area contributed by atoms with Gasteiger partial charge in [-0.2, -0.15) is 0 Å². The third-order valence-electron chi connectivity index (χ3n) is 8.73. The third-order valence-corrected chi connectivity index (χ3v) is 8.73. The molecule has 0 aromatic heterocycles. The van der Waals surface area contributed by atoms with Crippen molar-refractivity contribution in [1.29, 1.82) is 0 Å². The number of piperazine rings is 1. The smallest absolute Gasteiger partial charge is 0.255 e. The second-order valence-electron chi connectivity index (χ2n) is 11.4. The number of piperidine rings is 1. The van der Waals surface area contributed by atoms with E-state index in [0.29, 0.717) is 34.7 Å². The molecule has 3 heterocycles. The Morgan fingerprint density at radius 3 is 2.57 bits per heavy atom. The molecule has 6 rings (SSSR count). The molecule has 0 radical (unpaired) electrons. The number of nitrogens with zero attached hydrogens (tertiary/aromatic N) is 4. The highest BCUT2D eigenvalue weighted by atomic mass is 19.1. The lowest BCUT2D eigenvalue weighted by atomic mass is 10.0. The molecule has 0 unspecified atom stereocenters. The van der Waals surface area contributed by atoms with Crippen LogP contribution in [0.5, 0.6) is 5.75 Å². The van der Waals surface area contributed by atoms with Gasteiger partial charge in [0, 0.05) is 61.5 Å². The van der Waals surface area contributed by atoms with E-state index in [1.54, 1.807) is 30.3 Å². The minimum atomic E-state index is -0.709. The number of anilines is 1. The average Bonchev–Trinajstić information content (AvgIpc) is 3.37. The van der Waals surface area contributed by atoms with Gasteiger partial charge in [-0.1, -0.05) is 37.3 Å². The number of amides is 3. The molecule has 1 N–H and O–H groups in total. The van der Waals surface area contributed by atoms with Crippen LogP contribution in [-0.4, -0.2) is 59.7 Å². The van der Waals surface area contributed by atoms with Crippen molar-refractivity contribution >= 4 is 29.1 Å². The average molecular weight is 596 g/mol. The number of rotatable bonds is 8. The van der Waals surface area contributed by atoms with Gasteiger partial charge in [-0.15, -0.1) is 0 Å². The Bertz CT molecular complexity index is 1660. The fourth-order valence-electron chi connectivity index (χ4n) is 6.29. The molecule has 2 saturated heterocycles. The van der Waals surface area contributed by atoms with Crippen LogP contribution in [0.25, 0.3) is 4.85 Å². The van der Waals surface area contributed by atoms with E-state index >= 15 is 4.39 Å². The SMILES string of the molecule is [C-]#[N+]c1ccc(N2CCN(Cc3ccc(COc4cccc5c4CN([C@H]4CCC(=O)NC4=O)C5=O)c(F)c3)CC2)c(CC)c1. The molecule has 226 valence electrons. The van der Waals surface area contributed by atoms with Crippen molar-refractivity contribution < 1.29 is 23.5 Å². The molecule has 3 amide bonds. The number of hydrogen-bond donors (Lipinski definition) is 1. The summed E-state index contributed by atoms with van der Waals surface area (Å²) in [5, 5.41) is 2.31. The van der Waals surface area contributed by atoms with Crippen LogP contribution in [-0.2, 0) is 35.7 Å². The summed E-state index contributed by atoms with van der Waals surface area (Å²) in [6.45, 7) is 13.7. The number of carbonyl (C=O) groups excluding carboxylic acids is 3. The lowest BCUT2D eigenvalue weighted by Crippen LogP contribution is -2.52. The Hall–Kier alpha value is -4.75. The van der Waals surface area contributed by atoms with Crippen molar-refractivity contribution in [1.82, 2.24) is 15.1 Å². The molecule has 2 fully saturated rings. The fraction of sp³-hybridized carbons (Fsp3) is 0.353. The predicted octanol–water partition coefficient (Wildman–Crippen LogP) is 4.60. The van der Waals surface area contributed by atoms with E-state index in [1.807, 2.05) is 24.3 Å². The van der Waals surface area contributed by atoms with Crippen molar-refractivity contribution in [2.24, 2.45) is 0 Å². The van der Waals surface area contributed by atoms with Gasteiger partial charge >= 0.3 is 0 Å². The van der Waals surface area contributed by atoms with Crippen molar-refractivity contribution in [3.8, 4) is 5.75 Å². The maximum atomic E-state index is 15.2. The van der Waals surface area contributed by atoms with E-state index in [1.165, 1.54) is 16.2 Å². The summed E-state index contributed by atoms with van der Waals surface area (Å²) < 4.78 is 21.2. The number of hydrogen-bond acceptors (Lipinski definition) is 6. The number of halogens is 1. The molecule has 0 aliphatic carbocycles. The Morgan fingerprint density at radius 2 is 1.84 bits per heavy atom. The molecule has 3 aromatic rings. The fourth-order valence-corrected chi connectivity index (χ4v) is 6.29. The summed E-state index contributed by atoms with van der Waals surface area (Å²) in [5.41, 5.74) is 5.46. The number of ether oxygens (including phenoxy) is 1. The Balaban J connectivity index is 1.05. The highest BCUT2D eigenvalue weighted by molar-refractivity contribution is 6.05. The maximum absolute atomic E-state index is 15.2. The van der Waals surface area contributed by atoms with Crippen LogP contribution in [0, 0.1) is 12.4 Å². The van der Waals surface area contributed by atoms with Crippen LogP contribution in [0.4, 0.5) is 15.8 Å². The van der Waals surface area contributed by atoms with Gasteiger partial charge in [0.1, 0.15) is 24.2 Å². The van der Waals surface area contributed by atoms with E-state index in [9.17, 15) is 14.4 Å². The monoisotopic (exact) mass is 595 g/mol. The molecule has 0 bridgehead atoms. The van der Waals surface area contributed by atoms with Crippen LogP contribution in [0.2, 0.25) is 0 Å². The molecule has 9 nitrogen and oxygen atoms in total. The minimum absolute atomic E-state index is 0.000101. The van der Waals surface area contributed by atoms with Gasteiger partial charge < -0.3 is 14.5 Å². The van der Waals surface area contributed by atoms with Crippen LogP contribution >= 0.6 is 0 Å². The molecule has 3 aliphatic heterocycles. The molecular formula is C34H34FN5O4. The summed E-state index contributed by atoms with van der Waals surface area (Å²) in [6.07, 6.45) is 1.34. The first-order valence-corrected chi connectivity index (χ1v) is 15.0. The van der Waals surface area contributed by atoms with Crippen molar-refractivity contribution in [2.45, 2.75) is 51.9 Å². The van der Waals surface area contributed by atoms with Crippen LogP contribution in [0.3, 0.4) is 0 Å². The molecule has 10 heteroatoms. The van der Waals surface area contributed by atoms with Crippen LogP contribution in [0.1, 0.15) is 52.4 Å². The molecule has 3 aliphatic rings. The van der Waals surface area contributed by atoms with Crippen molar-refractivity contribution in [2.75, 3.05) is 31.1 Å². The van der Waals surface area contributed by atoms with Crippen LogP contribution in [0.15, 0.2) is 54.6 Å². The zero-order valence-electron chi connectivity index (χ0n) is 24.6. The summed E-state index contributed by atoms with van der Waals surface area (Å²) in [5.74, 6) is -0.947. The Kier molecular flexibility index (Phi) is 8.31. The lowest BCUT2D eigenvalue weighted by Gasteiger charge is -2.37. The number of aryl methyl sites for hydroxylation is 1. The second kappa shape index (κ2) is 12.5. The molecular weight excluding hydrogens is 561 g/mol. The van der Waals surface area contributed by atoms with Crippen molar-refractivity contribution in [3.05, 3.63) is 99.6 Å². The van der Waals surface area contributed by atoms with Gasteiger partial charge in [0.25, 0.3) is 5.91 Å². The van der Waals surface area contributed by atoms with E-state index in [4.69, 9.17) is 11.3 Å². The number of fused-ring (bicyclic) bond motifs is 1. The molecule has 0 saturated carbocycles. The van der Waals surface area contributed by atoms with Gasteiger partial charge in [0.15, 0.2) is 5.69 Å². The Morgan fingerprint density at radius 1 is 1.02 bits per heavy atom. The molecule has 0 spiro atoms. The molecule has 3 aromatic carbocycles. The quantitative estimate of drug-likeness (QED) is 0.303. The van der Waals surface area contributed by atoms with Gasteiger partial charge in [-0.25, -0.2) is 9.24 Å². The zero-order valence-corrected chi connectivity index (χ0v) is 24.6. The highest BCUT2D eigenvalue weighted by Gasteiger charge is 2.40. The summed E-state index contributed by atoms with van der Waals surface area (Å²) in [7, 11) is 0. The number of imide groups is 1. The summed E-state index contributed by atoms with van der Waals surface area (Å²) in [4.78, 5) is 46.7. The number of carbonyl (C=O) groups is 3. The van der Waals surface area contributed by atoms with E-state index in [-0.39, 0.29) is 43.6 Å². The van der Waals surface area contributed by atoms with E-state index in [0.717, 1.165) is 38.2 Å². The zero-order chi connectivity index (χ0) is 30.8. The minimum Gasteiger partial charge on any atom is -0.488 e. The standard InChI is InChI=1S/C34H34FN5O4/c1-3-23-18-25(36-2)9-10-29(23)39-15-13-38(14-16-39)19-22-7-8-24(28(35)17-22)21-44-31-6-4-5-26-27(31)20-40(34(26)43)30-11-12-32(41)37-33(30)42/h4-10,17-18,30H,3,11-16,19-21H2,1H3,(H,37,41,42)/t30-/m0/s1. The largest absolute Gasteiger partial charge is 0.488 e. The summed E-state index contributed by atoms with van der Waals surface area (Å²) in [6, 6.07) is 15.6. The van der Waals surface area contributed by atoms with Gasteiger partial charge in [-0.3, -0.25) is 24.6 Å². The van der Waals surface area contributed by atoms with Crippen LogP contribution < -0.4 is 15.0 Å². The van der Waals surface area contributed by atoms with Crippen molar-refractivity contribution in [3.63, 3.8) is 0 Å². The van der Waals surface area contributed by atoms with Gasteiger partial charge in [0.2, 0.25) is 11.8 Å². The first-order valence-electron chi connectivity index (χ1n) is 15.0. The maximum Gasteiger partial charge on any atom is 0.255 e. The molecule has 44 heavy (non-hydrogen) atoms. The Labute approximate surface area is 256 Å². The molecule has 1 atom stereocenters. The first kappa shape index (κ1) is 29.3. The topological polar surface area (TPSA) is 86.6 Å². The number of benzene rings is 3. The first-order chi connectivity index (χ1) is 21.3. The predicted molar refractivity (Wildman–Crippen MR) is 163 cm³/mol. The van der Waals surface area contributed by atoms with Gasteiger partial charge in [-0.05, 0) is 48.2 Å². The second-order valence-corrected chi connectivity index (χ2v) is 11.4.